The fourth-order valence-electron chi connectivity index (χ4n) is 2.61. The van der Waals surface area contributed by atoms with Crippen molar-refractivity contribution < 1.29 is 4.79 Å². The predicted molar refractivity (Wildman–Crippen MR) is 81.0 cm³/mol. The monoisotopic (exact) mass is 267 g/mol. The lowest BCUT2D eigenvalue weighted by Gasteiger charge is -2.25. The van der Waals surface area contributed by atoms with Gasteiger partial charge in [-0.3, -0.25) is 4.79 Å². The van der Waals surface area contributed by atoms with Crippen molar-refractivity contribution in [2.45, 2.75) is 13.3 Å². The van der Waals surface area contributed by atoms with E-state index in [0.717, 1.165) is 23.7 Å². The highest BCUT2D eigenvalue weighted by Gasteiger charge is 2.15. The molecule has 2 aromatic rings. The van der Waals surface area contributed by atoms with E-state index in [-0.39, 0.29) is 5.91 Å². The minimum atomic E-state index is 0.132. The lowest BCUT2D eigenvalue weighted by atomic mass is 9.97. The first kappa shape index (κ1) is 12.7. The summed E-state index contributed by atoms with van der Waals surface area (Å²) in [5, 5.41) is 2.09. The number of anilines is 1. The number of benzene rings is 1. The Hall–Kier alpha value is -2.36. The van der Waals surface area contributed by atoms with Crippen LogP contribution in [0, 0.1) is 0 Å². The molecule has 2 heterocycles. The number of nitrogens with two attached hydrogens (primary N) is 1. The van der Waals surface area contributed by atoms with E-state index in [1.165, 1.54) is 11.1 Å². The number of fused-ring (bicyclic) bond motifs is 1. The van der Waals surface area contributed by atoms with E-state index in [4.69, 9.17) is 5.73 Å². The molecule has 20 heavy (non-hydrogen) atoms. The summed E-state index contributed by atoms with van der Waals surface area (Å²) >= 11 is 0. The van der Waals surface area contributed by atoms with E-state index in [1.54, 1.807) is 13.1 Å². The van der Waals surface area contributed by atoms with Gasteiger partial charge in [-0.1, -0.05) is 18.2 Å². The molecule has 0 spiro atoms. The second kappa shape index (κ2) is 4.96. The van der Waals surface area contributed by atoms with E-state index in [9.17, 15) is 4.79 Å². The van der Waals surface area contributed by atoms with E-state index < -0.39 is 0 Å². The van der Waals surface area contributed by atoms with Gasteiger partial charge in [-0.15, -0.1) is 0 Å². The molecule has 1 aromatic carbocycles. The van der Waals surface area contributed by atoms with Crippen LogP contribution >= 0.6 is 0 Å². The molecule has 2 N–H and O–H groups in total. The minimum Gasteiger partial charge on any atom is -0.383 e. The zero-order chi connectivity index (χ0) is 14.1. The van der Waals surface area contributed by atoms with Crippen molar-refractivity contribution in [3.05, 3.63) is 42.1 Å². The lowest BCUT2D eigenvalue weighted by Crippen LogP contribution is -2.32. The Morgan fingerprint density at radius 1 is 1.35 bits per heavy atom. The highest BCUT2D eigenvalue weighted by molar-refractivity contribution is 5.93. The first-order chi connectivity index (χ1) is 9.65. The summed E-state index contributed by atoms with van der Waals surface area (Å²) in [6.07, 6.45) is 4.73. The largest absolute Gasteiger partial charge is 0.383 e. The quantitative estimate of drug-likeness (QED) is 0.863. The Labute approximate surface area is 117 Å². The van der Waals surface area contributed by atoms with Crippen molar-refractivity contribution >= 4 is 28.1 Å². The molecule has 3 rings (SSSR count). The normalized spacial score (nSPS) is 15.2. The highest BCUT2D eigenvalue weighted by Crippen LogP contribution is 2.27. The van der Waals surface area contributed by atoms with E-state index >= 15 is 0 Å². The van der Waals surface area contributed by atoms with Crippen molar-refractivity contribution in [2.24, 2.45) is 0 Å². The fraction of sp³-hybridized carbons (Fsp3) is 0.250. The van der Waals surface area contributed by atoms with E-state index in [2.05, 4.69) is 29.3 Å². The summed E-state index contributed by atoms with van der Waals surface area (Å²) in [4.78, 5) is 17.3. The number of pyridine rings is 1. The molecule has 1 amide bonds. The van der Waals surface area contributed by atoms with Crippen molar-refractivity contribution in [2.75, 3.05) is 18.8 Å². The molecule has 0 atom stereocenters. The van der Waals surface area contributed by atoms with Gasteiger partial charge in [0.2, 0.25) is 5.91 Å². The predicted octanol–water partition coefficient (Wildman–Crippen LogP) is 2.45. The second-order valence-electron chi connectivity index (χ2n) is 5.08. The lowest BCUT2D eigenvalue weighted by molar-refractivity contribution is -0.128. The maximum atomic E-state index is 11.3. The van der Waals surface area contributed by atoms with Crippen LogP contribution in [0.15, 0.2) is 36.5 Å². The van der Waals surface area contributed by atoms with Gasteiger partial charge >= 0.3 is 0 Å². The van der Waals surface area contributed by atoms with E-state index in [0.29, 0.717) is 12.4 Å². The molecule has 0 radical (unpaired) electrons. The number of hydrogen-bond donors (Lipinski definition) is 1. The van der Waals surface area contributed by atoms with Gasteiger partial charge in [0, 0.05) is 31.6 Å². The maximum Gasteiger partial charge on any atom is 0.219 e. The van der Waals surface area contributed by atoms with Crippen LogP contribution in [0.5, 0.6) is 0 Å². The third-order valence-electron chi connectivity index (χ3n) is 3.82. The molecule has 0 saturated carbocycles. The standard InChI is InChI=1S/C16H17N3O/c1-11(20)19-8-5-12(6-9-19)14-3-2-13-4-7-18-16(17)15(13)10-14/h2-5,7,10H,6,8-9H2,1H3,(H2,17,18). The smallest absolute Gasteiger partial charge is 0.219 e. The molecule has 1 aromatic heterocycles. The van der Waals surface area contributed by atoms with Gasteiger partial charge in [-0.25, -0.2) is 4.98 Å². The number of hydrogen-bond acceptors (Lipinski definition) is 3. The maximum absolute atomic E-state index is 11.3. The molecular weight excluding hydrogens is 250 g/mol. The van der Waals surface area contributed by atoms with Gasteiger partial charge in [0.05, 0.1) is 0 Å². The van der Waals surface area contributed by atoms with Crippen LogP contribution in [0.1, 0.15) is 18.9 Å². The van der Waals surface area contributed by atoms with Crippen LogP contribution in [0.4, 0.5) is 5.82 Å². The molecular formula is C16H17N3O. The molecule has 0 fully saturated rings. The number of aromatic nitrogens is 1. The number of nitrogen functional groups attached to an aromatic ring is 1. The Morgan fingerprint density at radius 3 is 2.90 bits per heavy atom. The third-order valence-corrected chi connectivity index (χ3v) is 3.82. The van der Waals surface area contributed by atoms with Crippen molar-refractivity contribution in [1.29, 1.82) is 0 Å². The van der Waals surface area contributed by atoms with Gasteiger partial charge in [-0.05, 0) is 35.1 Å². The van der Waals surface area contributed by atoms with Crippen LogP contribution in [0.2, 0.25) is 0 Å². The summed E-state index contributed by atoms with van der Waals surface area (Å²) < 4.78 is 0. The summed E-state index contributed by atoms with van der Waals surface area (Å²) in [6, 6.07) is 8.23. The molecule has 0 bridgehead atoms. The molecule has 0 aliphatic carbocycles. The van der Waals surface area contributed by atoms with Crippen LogP contribution in [0.25, 0.3) is 16.3 Å². The molecule has 0 unspecified atom stereocenters. The molecule has 4 heteroatoms. The van der Waals surface area contributed by atoms with Crippen molar-refractivity contribution in [1.82, 2.24) is 9.88 Å². The Kier molecular flexibility index (Phi) is 3.14. The summed E-state index contributed by atoms with van der Waals surface area (Å²) in [5.41, 5.74) is 8.37. The number of nitrogens with zero attached hydrogens (tertiary/aromatic N) is 2. The number of carbonyl (C=O) groups excluding carboxylic acids is 1. The van der Waals surface area contributed by atoms with Crippen LogP contribution in [-0.2, 0) is 4.79 Å². The molecule has 0 saturated heterocycles. The zero-order valence-corrected chi connectivity index (χ0v) is 11.5. The topological polar surface area (TPSA) is 59.2 Å². The molecule has 102 valence electrons. The molecule has 1 aliphatic rings. The highest BCUT2D eigenvalue weighted by atomic mass is 16.2. The Morgan fingerprint density at radius 2 is 2.20 bits per heavy atom. The minimum absolute atomic E-state index is 0.132. The summed E-state index contributed by atoms with van der Waals surface area (Å²) in [5.74, 6) is 0.693. The Bertz CT molecular complexity index is 706. The second-order valence-corrected chi connectivity index (χ2v) is 5.08. The molecule has 4 nitrogen and oxygen atoms in total. The third kappa shape index (κ3) is 2.25. The average molecular weight is 267 g/mol. The summed E-state index contributed by atoms with van der Waals surface area (Å²) in [6.45, 7) is 3.08. The summed E-state index contributed by atoms with van der Waals surface area (Å²) in [7, 11) is 0. The van der Waals surface area contributed by atoms with Gasteiger partial charge in [0.25, 0.3) is 0 Å². The average Bonchev–Trinajstić information content (AvgIpc) is 2.47. The van der Waals surface area contributed by atoms with Crippen LogP contribution < -0.4 is 5.73 Å². The fourth-order valence-corrected chi connectivity index (χ4v) is 2.61. The number of amides is 1. The van der Waals surface area contributed by atoms with Gasteiger partial charge < -0.3 is 10.6 Å². The van der Waals surface area contributed by atoms with Gasteiger partial charge in [0.1, 0.15) is 5.82 Å². The first-order valence-electron chi connectivity index (χ1n) is 6.74. The zero-order valence-electron chi connectivity index (χ0n) is 11.5. The van der Waals surface area contributed by atoms with Crippen molar-refractivity contribution in [3.8, 4) is 0 Å². The molecule has 1 aliphatic heterocycles. The first-order valence-corrected chi connectivity index (χ1v) is 6.74. The van der Waals surface area contributed by atoms with Gasteiger partial charge in [0.15, 0.2) is 0 Å². The van der Waals surface area contributed by atoms with Crippen molar-refractivity contribution in [3.63, 3.8) is 0 Å². The Balaban J connectivity index is 1.95. The van der Waals surface area contributed by atoms with E-state index in [1.807, 2.05) is 11.0 Å². The van der Waals surface area contributed by atoms with Crippen LogP contribution in [-0.4, -0.2) is 28.9 Å². The SMILES string of the molecule is CC(=O)N1CC=C(c2ccc3ccnc(N)c3c2)CC1. The van der Waals surface area contributed by atoms with Gasteiger partial charge in [-0.2, -0.15) is 0 Å². The number of carbonyl (C=O) groups is 1. The number of rotatable bonds is 1. The van der Waals surface area contributed by atoms with Crippen LogP contribution in [0.3, 0.4) is 0 Å².